The Labute approximate surface area is 152 Å². The molecule has 0 aromatic carbocycles. The summed E-state index contributed by atoms with van der Waals surface area (Å²) in [5, 5.41) is 2.78. The maximum absolute atomic E-state index is 12.3. The molecular formula is C19H22N4O3. The summed E-state index contributed by atoms with van der Waals surface area (Å²) in [6, 6.07) is 7.10. The monoisotopic (exact) mass is 354 g/mol. The highest BCUT2D eigenvalue weighted by Gasteiger charge is 2.24. The second-order valence-electron chi connectivity index (χ2n) is 6.37. The number of aromatic nitrogens is 1. The lowest BCUT2D eigenvalue weighted by atomic mass is 10.2. The van der Waals surface area contributed by atoms with E-state index in [2.05, 4.69) is 15.2 Å². The molecule has 3 heterocycles. The van der Waals surface area contributed by atoms with E-state index < -0.39 is 0 Å². The molecule has 0 aliphatic carbocycles. The molecule has 0 radical (unpaired) electrons. The van der Waals surface area contributed by atoms with Crippen LogP contribution in [0.5, 0.6) is 0 Å². The third-order valence-electron chi connectivity index (χ3n) is 4.06. The quantitative estimate of drug-likeness (QED) is 0.854. The second kappa shape index (κ2) is 7.86. The largest absolute Gasteiger partial charge is 0.459 e. The first-order chi connectivity index (χ1) is 12.5. The van der Waals surface area contributed by atoms with Crippen molar-refractivity contribution >= 4 is 23.3 Å². The molecule has 3 rings (SSSR count). The van der Waals surface area contributed by atoms with Crippen molar-refractivity contribution in [2.75, 3.05) is 36.4 Å². The molecule has 0 spiro atoms. The van der Waals surface area contributed by atoms with E-state index >= 15 is 0 Å². The van der Waals surface area contributed by atoms with E-state index in [0.717, 1.165) is 11.4 Å². The van der Waals surface area contributed by atoms with Crippen molar-refractivity contribution in [2.45, 2.75) is 13.8 Å². The van der Waals surface area contributed by atoms with Gasteiger partial charge in [-0.15, -0.1) is 0 Å². The molecule has 0 unspecified atom stereocenters. The number of anilines is 2. The van der Waals surface area contributed by atoms with E-state index in [0.29, 0.717) is 37.6 Å². The predicted molar refractivity (Wildman–Crippen MR) is 99.1 cm³/mol. The molecule has 2 amide bonds. The van der Waals surface area contributed by atoms with Gasteiger partial charge in [-0.25, -0.2) is 4.98 Å². The molecule has 1 N–H and O–H groups in total. The van der Waals surface area contributed by atoms with Crippen LogP contribution in [-0.2, 0) is 4.79 Å². The fourth-order valence-corrected chi connectivity index (χ4v) is 2.78. The van der Waals surface area contributed by atoms with Crippen molar-refractivity contribution in [3.63, 3.8) is 0 Å². The Morgan fingerprint density at radius 3 is 2.50 bits per heavy atom. The second-order valence-corrected chi connectivity index (χ2v) is 6.37. The van der Waals surface area contributed by atoms with Crippen LogP contribution in [0.4, 0.5) is 11.5 Å². The number of allylic oxidation sites excluding steroid dienone is 1. The highest BCUT2D eigenvalue weighted by atomic mass is 16.3. The van der Waals surface area contributed by atoms with Crippen molar-refractivity contribution in [1.29, 1.82) is 0 Å². The number of pyridine rings is 1. The average Bonchev–Trinajstić information content (AvgIpc) is 3.16. The van der Waals surface area contributed by atoms with Gasteiger partial charge in [0, 0.05) is 32.3 Å². The van der Waals surface area contributed by atoms with Gasteiger partial charge in [-0.1, -0.05) is 5.57 Å². The molecule has 26 heavy (non-hydrogen) atoms. The van der Waals surface area contributed by atoms with Gasteiger partial charge >= 0.3 is 0 Å². The Kier molecular flexibility index (Phi) is 5.36. The van der Waals surface area contributed by atoms with Crippen molar-refractivity contribution in [1.82, 2.24) is 9.88 Å². The Bertz CT molecular complexity index is 785. The van der Waals surface area contributed by atoms with Gasteiger partial charge in [-0.3, -0.25) is 9.59 Å². The summed E-state index contributed by atoms with van der Waals surface area (Å²) < 4.78 is 5.17. The number of hydrogen-bond acceptors (Lipinski definition) is 5. The number of furan rings is 1. The standard InChI is InChI=1S/C19H22N4O3/c1-14(2)12-18(24)21-15-5-6-17(20-13-15)22-7-9-23(10-8-22)19(25)16-4-3-11-26-16/h3-6,11-13H,7-10H2,1-2H3,(H,21,24). The lowest BCUT2D eigenvalue weighted by molar-refractivity contribution is -0.111. The summed E-state index contributed by atoms with van der Waals surface area (Å²) >= 11 is 0. The minimum absolute atomic E-state index is 0.0834. The minimum atomic E-state index is -0.162. The summed E-state index contributed by atoms with van der Waals surface area (Å²) in [6.45, 7) is 6.36. The van der Waals surface area contributed by atoms with Crippen LogP contribution in [0, 0.1) is 0 Å². The van der Waals surface area contributed by atoms with Gasteiger partial charge in [0.1, 0.15) is 5.82 Å². The highest BCUT2D eigenvalue weighted by Crippen LogP contribution is 2.17. The van der Waals surface area contributed by atoms with E-state index in [9.17, 15) is 9.59 Å². The van der Waals surface area contributed by atoms with Crippen molar-refractivity contribution in [2.24, 2.45) is 0 Å². The van der Waals surface area contributed by atoms with Crippen LogP contribution in [-0.4, -0.2) is 47.9 Å². The van der Waals surface area contributed by atoms with Crippen molar-refractivity contribution < 1.29 is 14.0 Å². The first-order valence-corrected chi connectivity index (χ1v) is 8.52. The number of piperazine rings is 1. The number of hydrogen-bond donors (Lipinski definition) is 1. The van der Waals surface area contributed by atoms with Crippen molar-refractivity contribution in [3.8, 4) is 0 Å². The number of nitrogens with zero attached hydrogens (tertiary/aromatic N) is 3. The maximum Gasteiger partial charge on any atom is 0.289 e. The van der Waals surface area contributed by atoms with Crippen LogP contribution in [0.15, 0.2) is 52.8 Å². The highest BCUT2D eigenvalue weighted by molar-refractivity contribution is 5.99. The summed E-state index contributed by atoms with van der Waals surface area (Å²) in [6.07, 6.45) is 4.70. The third-order valence-corrected chi connectivity index (χ3v) is 4.06. The van der Waals surface area contributed by atoms with Gasteiger partial charge in [0.15, 0.2) is 5.76 Å². The summed E-state index contributed by atoms with van der Waals surface area (Å²) in [5.74, 6) is 0.952. The number of carbonyl (C=O) groups excluding carboxylic acids is 2. The van der Waals surface area contributed by atoms with E-state index in [-0.39, 0.29) is 11.8 Å². The molecule has 136 valence electrons. The Hall–Kier alpha value is -3.09. The summed E-state index contributed by atoms with van der Waals surface area (Å²) in [4.78, 5) is 32.3. The first-order valence-electron chi connectivity index (χ1n) is 8.52. The first kappa shape index (κ1) is 17.7. The van der Waals surface area contributed by atoms with Gasteiger partial charge in [0.05, 0.1) is 18.1 Å². The van der Waals surface area contributed by atoms with Gasteiger partial charge < -0.3 is 19.5 Å². The normalized spacial score (nSPS) is 14.1. The number of carbonyl (C=O) groups is 2. The molecule has 1 saturated heterocycles. The fraction of sp³-hybridized carbons (Fsp3) is 0.316. The molecule has 1 fully saturated rings. The molecule has 0 bridgehead atoms. The van der Waals surface area contributed by atoms with E-state index in [1.165, 1.54) is 6.26 Å². The average molecular weight is 354 g/mol. The zero-order valence-corrected chi connectivity index (χ0v) is 14.9. The molecule has 7 heteroatoms. The number of rotatable bonds is 4. The Morgan fingerprint density at radius 1 is 1.15 bits per heavy atom. The van der Waals surface area contributed by atoms with Crippen LogP contribution in [0.1, 0.15) is 24.4 Å². The lowest BCUT2D eigenvalue weighted by Gasteiger charge is -2.35. The number of nitrogens with one attached hydrogen (secondary N) is 1. The minimum Gasteiger partial charge on any atom is -0.459 e. The molecule has 1 aliphatic rings. The molecule has 2 aromatic rings. The summed E-state index contributed by atoms with van der Waals surface area (Å²) in [5.41, 5.74) is 1.59. The van der Waals surface area contributed by atoms with Gasteiger partial charge in [-0.2, -0.15) is 0 Å². The van der Waals surface area contributed by atoms with Crippen LogP contribution in [0.2, 0.25) is 0 Å². The smallest absolute Gasteiger partial charge is 0.289 e. The van der Waals surface area contributed by atoms with Gasteiger partial charge in [0.25, 0.3) is 5.91 Å². The topological polar surface area (TPSA) is 78.7 Å². The van der Waals surface area contributed by atoms with Crippen LogP contribution < -0.4 is 10.2 Å². The molecule has 1 aliphatic heterocycles. The zero-order chi connectivity index (χ0) is 18.5. The lowest BCUT2D eigenvalue weighted by Crippen LogP contribution is -2.49. The molecule has 0 atom stereocenters. The Balaban J connectivity index is 1.55. The number of amides is 2. The van der Waals surface area contributed by atoms with E-state index in [1.54, 1.807) is 29.3 Å². The molecule has 7 nitrogen and oxygen atoms in total. The van der Waals surface area contributed by atoms with E-state index in [1.807, 2.05) is 26.0 Å². The van der Waals surface area contributed by atoms with Gasteiger partial charge in [-0.05, 0) is 38.1 Å². The fourth-order valence-electron chi connectivity index (χ4n) is 2.78. The van der Waals surface area contributed by atoms with Crippen LogP contribution in [0.25, 0.3) is 0 Å². The molecule has 0 saturated carbocycles. The molecule has 2 aromatic heterocycles. The zero-order valence-electron chi connectivity index (χ0n) is 14.9. The maximum atomic E-state index is 12.3. The van der Waals surface area contributed by atoms with Crippen LogP contribution >= 0.6 is 0 Å². The van der Waals surface area contributed by atoms with Crippen LogP contribution in [0.3, 0.4) is 0 Å². The summed E-state index contributed by atoms with van der Waals surface area (Å²) in [7, 11) is 0. The SMILES string of the molecule is CC(C)=CC(=O)Nc1ccc(N2CCN(C(=O)c3ccco3)CC2)nc1. The predicted octanol–water partition coefficient (Wildman–Crippen LogP) is 2.54. The molecular weight excluding hydrogens is 332 g/mol. The van der Waals surface area contributed by atoms with Crippen molar-refractivity contribution in [3.05, 3.63) is 54.1 Å². The van der Waals surface area contributed by atoms with E-state index in [4.69, 9.17) is 4.42 Å². The Morgan fingerprint density at radius 2 is 1.92 bits per heavy atom. The van der Waals surface area contributed by atoms with Gasteiger partial charge in [0.2, 0.25) is 5.91 Å². The third kappa shape index (κ3) is 4.30.